The summed E-state index contributed by atoms with van der Waals surface area (Å²) in [4.78, 5) is 30.6. The third kappa shape index (κ3) is 5.29. The molecule has 0 spiro atoms. The van der Waals surface area contributed by atoms with Gasteiger partial charge >= 0.3 is 0 Å². The van der Waals surface area contributed by atoms with Crippen molar-refractivity contribution in [2.24, 2.45) is 11.5 Å². The van der Waals surface area contributed by atoms with Gasteiger partial charge in [-0.2, -0.15) is 0 Å². The highest BCUT2D eigenvalue weighted by molar-refractivity contribution is 7.18. The Bertz CT molecular complexity index is 1180. The van der Waals surface area contributed by atoms with Crippen molar-refractivity contribution in [3.05, 3.63) is 45.6 Å². The molecule has 34 heavy (non-hydrogen) atoms. The number of β-amino-alcohol motifs (C(OH)–C–C–N with tert-alkyl or cyclic N) is 1. The number of aromatic nitrogens is 3. The van der Waals surface area contributed by atoms with E-state index in [-0.39, 0.29) is 18.0 Å². The first-order valence-corrected chi connectivity index (χ1v) is 12.1. The number of nitrogens with zero attached hydrogens (tertiary/aromatic N) is 5. The SMILES string of the molecule is Cc1nc(Nc2nc(-c3c(Cl)cccc3CN)c(C(N)=O)s2)cc(N2CCN(CCO)CC2)n1. The number of hydrogen-bond acceptors (Lipinski definition) is 10. The predicted octanol–water partition coefficient (Wildman–Crippen LogP) is 1.98. The molecule has 12 heteroatoms. The molecule has 0 unspecified atom stereocenters. The number of primary amides is 1. The molecule has 180 valence electrons. The molecule has 1 aliphatic rings. The molecule has 0 aliphatic carbocycles. The number of nitrogens with two attached hydrogens (primary N) is 2. The predicted molar refractivity (Wildman–Crippen MR) is 135 cm³/mol. The van der Waals surface area contributed by atoms with E-state index in [9.17, 15) is 4.79 Å². The van der Waals surface area contributed by atoms with Crippen molar-refractivity contribution in [3.63, 3.8) is 0 Å². The van der Waals surface area contributed by atoms with E-state index in [1.807, 2.05) is 19.1 Å². The van der Waals surface area contributed by atoms with Gasteiger partial charge in [-0.3, -0.25) is 9.69 Å². The van der Waals surface area contributed by atoms with Crippen LogP contribution in [0.4, 0.5) is 16.8 Å². The lowest BCUT2D eigenvalue weighted by Gasteiger charge is -2.35. The number of aryl methyl sites for hydroxylation is 1. The van der Waals surface area contributed by atoms with E-state index in [0.717, 1.165) is 48.9 Å². The summed E-state index contributed by atoms with van der Waals surface area (Å²) in [6.07, 6.45) is 0. The quantitative estimate of drug-likeness (QED) is 0.363. The number of anilines is 3. The minimum absolute atomic E-state index is 0.157. The van der Waals surface area contributed by atoms with Crippen molar-refractivity contribution in [2.75, 3.05) is 49.5 Å². The number of amides is 1. The average molecular weight is 503 g/mol. The molecule has 1 amide bonds. The van der Waals surface area contributed by atoms with Crippen LogP contribution in [0.15, 0.2) is 24.3 Å². The topological polar surface area (TPSA) is 147 Å². The number of halogens is 1. The van der Waals surface area contributed by atoms with Crippen LogP contribution in [-0.2, 0) is 6.54 Å². The molecule has 0 atom stereocenters. The molecule has 1 fully saturated rings. The molecule has 1 saturated heterocycles. The summed E-state index contributed by atoms with van der Waals surface area (Å²) in [6.45, 7) is 6.22. The Morgan fingerprint density at radius 1 is 1.24 bits per heavy atom. The fraction of sp³-hybridized carbons (Fsp3) is 0.364. The Morgan fingerprint density at radius 2 is 2.00 bits per heavy atom. The largest absolute Gasteiger partial charge is 0.395 e. The van der Waals surface area contributed by atoms with E-state index >= 15 is 0 Å². The van der Waals surface area contributed by atoms with E-state index < -0.39 is 5.91 Å². The monoisotopic (exact) mass is 502 g/mol. The van der Waals surface area contributed by atoms with Crippen molar-refractivity contribution >= 4 is 45.6 Å². The van der Waals surface area contributed by atoms with Crippen molar-refractivity contribution in [1.29, 1.82) is 0 Å². The van der Waals surface area contributed by atoms with Gasteiger partial charge in [-0.05, 0) is 18.6 Å². The third-order valence-corrected chi connectivity index (χ3v) is 6.88. The molecule has 4 rings (SSSR count). The Labute approximate surface area is 206 Å². The Hall–Kier alpha value is -2.83. The Kier molecular flexibility index (Phi) is 7.59. The van der Waals surface area contributed by atoms with Gasteiger partial charge in [0.1, 0.15) is 22.3 Å². The number of carbonyl (C=O) groups excluding carboxylic acids is 1. The first-order chi connectivity index (χ1) is 16.4. The molecule has 0 radical (unpaired) electrons. The van der Waals surface area contributed by atoms with Crippen LogP contribution in [0.3, 0.4) is 0 Å². The van der Waals surface area contributed by atoms with E-state index in [4.69, 9.17) is 28.2 Å². The molecule has 10 nitrogen and oxygen atoms in total. The maximum atomic E-state index is 12.2. The third-order valence-electron chi connectivity index (χ3n) is 5.58. The first-order valence-electron chi connectivity index (χ1n) is 10.9. The van der Waals surface area contributed by atoms with Crippen molar-refractivity contribution in [1.82, 2.24) is 19.9 Å². The van der Waals surface area contributed by atoms with E-state index in [1.54, 1.807) is 12.1 Å². The number of benzene rings is 1. The molecule has 0 bridgehead atoms. The van der Waals surface area contributed by atoms with Crippen molar-refractivity contribution in [3.8, 4) is 11.3 Å². The van der Waals surface area contributed by atoms with Gasteiger partial charge in [-0.1, -0.05) is 35.1 Å². The lowest BCUT2D eigenvalue weighted by molar-refractivity contribution is 0.100. The zero-order valence-corrected chi connectivity index (χ0v) is 20.4. The van der Waals surface area contributed by atoms with Gasteiger partial charge in [-0.25, -0.2) is 15.0 Å². The second kappa shape index (κ2) is 10.6. The normalized spacial score (nSPS) is 14.4. The highest BCUT2D eigenvalue weighted by Crippen LogP contribution is 2.38. The average Bonchev–Trinajstić information content (AvgIpc) is 3.22. The summed E-state index contributed by atoms with van der Waals surface area (Å²) in [5.41, 5.74) is 13.3. The molecular formula is C22H27ClN8O2S. The van der Waals surface area contributed by atoms with Gasteiger partial charge in [0.25, 0.3) is 5.91 Å². The van der Waals surface area contributed by atoms with Gasteiger partial charge in [0, 0.05) is 50.9 Å². The molecule has 1 aromatic carbocycles. The van der Waals surface area contributed by atoms with Crippen LogP contribution in [0.1, 0.15) is 21.1 Å². The van der Waals surface area contributed by atoms with Crippen LogP contribution in [-0.4, -0.2) is 70.2 Å². The molecule has 2 aromatic heterocycles. The Morgan fingerprint density at radius 3 is 2.68 bits per heavy atom. The number of carbonyl (C=O) groups is 1. The van der Waals surface area contributed by atoms with Gasteiger partial charge in [-0.15, -0.1) is 0 Å². The van der Waals surface area contributed by atoms with Crippen LogP contribution in [0.2, 0.25) is 5.02 Å². The lowest BCUT2D eigenvalue weighted by Crippen LogP contribution is -2.47. The van der Waals surface area contributed by atoms with Crippen LogP contribution in [0.25, 0.3) is 11.3 Å². The minimum Gasteiger partial charge on any atom is -0.395 e. The van der Waals surface area contributed by atoms with Gasteiger partial charge in [0.05, 0.1) is 17.3 Å². The van der Waals surface area contributed by atoms with Crippen LogP contribution < -0.4 is 21.7 Å². The second-order valence-electron chi connectivity index (χ2n) is 7.87. The number of rotatable bonds is 8. The standard InChI is InChI=1S/C22H27ClN8O2S/c1-13-26-16(11-17(27-13)31-7-5-30(6-8-31)9-10-32)28-22-29-19(20(34-22)21(25)33)18-14(12-24)3-2-4-15(18)23/h2-4,11,32H,5-10,12,24H2,1H3,(H2,25,33)(H,26,27,28,29). The lowest BCUT2D eigenvalue weighted by atomic mass is 10.0. The molecule has 3 heterocycles. The molecular weight excluding hydrogens is 476 g/mol. The number of nitrogens with one attached hydrogen (secondary N) is 1. The fourth-order valence-corrected chi connectivity index (χ4v) is 5.06. The molecule has 6 N–H and O–H groups in total. The second-order valence-corrected chi connectivity index (χ2v) is 9.28. The molecule has 3 aromatic rings. The number of hydrogen-bond donors (Lipinski definition) is 4. The number of aliphatic hydroxyl groups excluding tert-OH is 1. The summed E-state index contributed by atoms with van der Waals surface area (Å²) in [5, 5.41) is 13.3. The zero-order chi connectivity index (χ0) is 24.2. The van der Waals surface area contributed by atoms with Crippen LogP contribution in [0.5, 0.6) is 0 Å². The number of piperazine rings is 1. The van der Waals surface area contributed by atoms with Gasteiger partial charge in [0.2, 0.25) is 0 Å². The van der Waals surface area contributed by atoms with Crippen molar-refractivity contribution in [2.45, 2.75) is 13.5 Å². The maximum absolute atomic E-state index is 12.2. The zero-order valence-electron chi connectivity index (χ0n) is 18.8. The van der Waals surface area contributed by atoms with E-state index in [0.29, 0.717) is 39.6 Å². The fourth-order valence-electron chi connectivity index (χ4n) is 3.94. The Balaban J connectivity index is 1.62. The highest BCUT2D eigenvalue weighted by Gasteiger charge is 2.23. The summed E-state index contributed by atoms with van der Waals surface area (Å²) >= 11 is 7.58. The molecule has 1 aliphatic heterocycles. The highest BCUT2D eigenvalue weighted by atomic mass is 35.5. The number of aliphatic hydroxyl groups is 1. The summed E-state index contributed by atoms with van der Waals surface area (Å²) in [6, 6.07) is 7.24. The summed E-state index contributed by atoms with van der Waals surface area (Å²) < 4.78 is 0. The maximum Gasteiger partial charge on any atom is 0.261 e. The smallest absolute Gasteiger partial charge is 0.261 e. The first kappa shape index (κ1) is 24.3. The van der Waals surface area contributed by atoms with Crippen LogP contribution >= 0.6 is 22.9 Å². The van der Waals surface area contributed by atoms with Crippen molar-refractivity contribution < 1.29 is 9.90 Å². The summed E-state index contributed by atoms with van der Waals surface area (Å²) in [7, 11) is 0. The number of thiazole rings is 1. The summed E-state index contributed by atoms with van der Waals surface area (Å²) in [5.74, 6) is 1.39. The van der Waals surface area contributed by atoms with Gasteiger partial charge in [0.15, 0.2) is 5.13 Å². The van der Waals surface area contributed by atoms with E-state index in [2.05, 4.69) is 30.1 Å². The minimum atomic E-state index is -0.594. The van der Waals surface area contributed by atoms with E-state index in [1.165, 1.54) is 0 Å². The molecule has 0 saturated carbocycles. The van der Waals surface area contributed by atoms with Gasteiger partial charge < -0.3 is 26.8 Å². The van der Waals surface area contributed by atoms with Crippen LogP contribution in [0, 0.1) is 6.92 Å².